The van der Waals surface area contributed by atoms with E-state index in [2.05, 4.69) is 47.8 Å². The molecule has 22 heavy (non-hydrogen) atoms. The van der Waals surface area contributed by atoms with Gasteiger partial charge in [-0.25, -0.2) is 0 Å². The fourth-order valence-electron chi connectivity index (χ4n) is 2.12. The Bertz CT molecular complexity index is 535. The Balaban J connectivity index is 3.51. The van der Waals surface area contributed by atoms with Crippen LogP contribution in [0.4, 0.5) is 5.69 Å². The van der Waals surface area contributed by atoms with Gasteiger partial charge in [-0.05, 0) is 55.7 Å². The smallest absolute Gasteiger partial charge is 0.228 e. The number of nitrogens with zero attached hydrogens (tertiary/aromatic N) is 2. The molecule has 0 aliphatic carbocycles. The average Bonchev–Trinajstić information content (AvgIpc) is 2.38. The third-order valence-corrected chi connectivity index (χ3v) is 5.84. The maximum Gasteiger partial charge on any atom is 0.228 e. The number of rotatable bonds is 7. The minimum atomic E-state index is -1.34. The minimum absolute atomic E-state index is 0.0341. The third-order valence-electron chi connectivity index (χ3n) is 3.17. The third kappa shape index (κ3) is 4.71. The van der Waals surface area contributed by atoms with Crippen molar-refractivity contribution in [2.75, 3.05) is 33.9 Å². The molecule has 1 aromatic rings. The van der Waals surface area contributed by atoms with Crippen LogP contribution in [0.5, 0.6) is 0 Å². The normalized spacial score (nSPS) is 12.3. The van der Waals surface area contributed by atoms with E-state index in [0.717, 1.165) is 15.6 Å². The molecule has 126 valence electrons. The van der Waals surface area contributed by atoms with Gasteiger partial charge < -0.3 is 10.2 Å². The van der Waals surface area contributed by atoms with E-state index >= 15 is 0 Å². The Morgan fingerprint density at radius 2 is 1.50 bits per heavy atom. The van der Waals surface area contributed by atoms with Gasteiger partial charge in [0.05, 0.1) is 15.6 Å². The Labute approximate surface area is 154 Å². The highest BCUT2D eigenvalue weighted by Crippen LogP contribution is 2.45. The quantitative estimate of drug-likeness (QED) is 0.337. The number of hydrogen-bond donors (Lipinski definition) is 4. The minimum Gasteiger partial charge on any atom is -0.396 e. The second kappa shape index (κ2) is 8.50. The molecule has 0 saturated carbocycles. The van der Waals surface area contributed by atoms with Crippen LogP contribution in [0.15, 0.2) is 13.4 Å². The molecular formula is C13H20Br3N2O4+. The highest BCUT2D eigenvalue weighted by Gasteiger charge is 2.33. The summed E-state index contributed by atoms with van der Waals surface area (Å²) in [6.07, 6.45) is 0.359. The van der Waals surface area contributed by atoms with E-state index in [4.69, 9.17) is 5.11 Å². The highest BCUT2D eigenvalue weighted by molar-refractivity contribution is 9.11. The molecule has 0 saturated heterocycles. The first-order valence-electron chi connectivity index (χ1n) is 6.56. The molecule has 1 aromatic carbocycles. The molecule has 9 heteroatoms. The Morgan fingerprint density at radius 1 is 0.955 bits per heavy atom. The molecule has 6 nitrogen and oxygen atoms in total. The zero-order valence-electron chi connectivity index (χ0n) is 12.4. The van der Waals surface area contributed by atoms with Crippen LogP contribution < -0.4 is 4.81 Å². The van der Waals surface area contributed by atoms with Crippen LogP contribution in [-0.2, 0) is 13.0 Å². The van der Waals surface area contributed by atoms with E-state index in [1.54, 1.807) is 0 Å². The van der Waals surface area contributed by atoms with Crippen LogP contribution in [-0.4, -0.2) is 59.4 Å². The number of hydrogen-bond acceptors (Lipinski definition) is 5. The number of likely N-dealkylation sites (N-methyl/N-ethyl adjacent to an activating group) is 1. The SMILES string of the molecule is CN(CCO)Cc1c(Br)c(CCO)c(Br)c([N+](C)(O)O)c1Br. The van der Waals surface area contributed by atoms with Crippen molar-refractivity contribution >= 4 is 53.5 Å². The fraction of sp³-hybridized carbons (Fsp3) is 0.538. The van der Waals surface area contributed by atoms with Gasteiger partial charge in [-0.1, -0.05) is 15.9 Å². The van der Waals surface area contributed by atoms with Crippen LogP contribution >= 0.6 is 47.8 Å². The second-order valence-corrected chi connectivity index (χ2v) is 7.47. The molecule has 0 radical (unpaired) electrons. The van der Waals surface area contributed by atoms with E-state index in [9.17, 15) is 15.5 Å². The summed E-state index contributed by atoms with van der Waals surface area (Å²) in [5, 5.41) is 38.3. The van der Waals surface area contributed by atoms with Crippen molar-refractivity contribution in [3.63, 3.8) is 0 Å². The lowest BCUT2D eigenvalue weighted by molar-refractivity contribution is -0.273. The summed E-state index contributed by atoms with van der Waals surface area (Å²) in [6, 6.07) is 0. The summed E-state index contributed by atoms with van der Waals surface area (Å²) in [5.74, 6) is 0. The van der Waals surface area contributed by atoms with E-state index in [1.807, 2.05) is 11.9 Å². The van der Waals surface area contributed by atoms with Crippen molar-refractivity contribution in [1.29, 1.82) is 0 Å². The first-order valence-corrected chi connectivity index (χ1v) is 8.94. The Morgan fingerprint density at radius 3 is 1.95 bits per heavy atom. The summed E-state index contributed by atoms with van der Waals surface area (Å²) in [6.45, 7) is 0.946. The van der Waals surface area contributed by atoms with Crippen LogP contribution in [0.3, 0.4) is 0 Å². The van der Waals surface area contributed by atoms with Crippen molar-refractivity contribution in [2.24, 2.45) is 0 Å². The van der Waals surface area contributed by atoms with Gasteiger partial charge in [0.1, 0.15) is 7.05 Å². The summed E-state index contributed by atoms with van der Waals surface area (Å²) >= 11 is 10.4. The lowest BCUT2D eigenvalue weighted by Crippen LogP contribution is -2.38. The molecule has 0 atom stereocenters. The van der Waals surface area contributed by atoms with E-state index in [-0.39, 0.29) is 18.9 Å². The first kappa shape index (κ1) is 20.5. The standard InChI is InChI=1S/C13H20Br3N2O4/c1-17(4-6-20)7-9-10(14)8(3-5-19)11(15)13(12(9)16)18(2,21)22/h19-22H,3-7H2,1-2H3/q+1. The number of aliphatic hydroxyl groups is 2. The predicted molar refractivity (Wildman–Crippen MR) is 95.0 cm³/mol. The zero-order chi connectivity index (χ0) is 17.1. The summed E-state index contributed by atoms with van der Waals surface area (Å²) in [4.78, 5) is 0.563. The van der Waals surface area contributed by atoms with Gasteiger partial charge in [0.25, 0.3) is 0 Å². The molecule has 4 N–H and O–H groups in total. The highest BCUT2D eigenvalue weighted by atomic mass is 79.9. The number of aliphatic hydroxyl groups excluding tert-OH is 2. The van der Waals surface area contributed by atoms with Gasteiger partial charge in [0.15, 0.2) is 0 Å². The molecule has 1 rings (SSSR count). The summed E-state index contributed by atoms with van der Waals surface area (Å²) < 4.78 is 1.84. The monoisotopic (exact) mass is 505 g/mol. The predicted octanol–water partition coefficient (Wildman–Crippen LogP) is 2.65. The molecule has 0 fully saturated rings. The lowest BCUT2D eigenvalue weighted by atomic mass is 10.1. The summed E-state index contributed by atoms with van der Waals surface area (Å²) in [7, 11) is 3.08. The Hall–Kier alpha value is 0.420. The van der Waals surface area contributed by atoms with Gasteiger partial charge in [0, 0.05) is 29.7 Å². The van der Waals surface area contributed by atoms with Crippen LogP contribution in [0.1, 0.15) is 11.1 Å². The van der Waals surface area contributed by atoms with Gasteiger partial charge in [-0.15, -0.1) is 0 Å². The topological polar surface area (TPSA) is 84.2 Å². The average molecular weight is 508 g/mol. The maximum absolute atomic E-state index is 10.00. The number of quaternary nitrogens is 1. The molecular weight excluding hydrogens is 488 g/mol. The number of halogens is 3. The van der Waals surface area contributed by atoms with Gasteiger partial charge in [-0.3, -0.25) is 4.90 Å². The van der Waals surface area contributed by atoms with Gasteiger partial charge >= 0.3 is 0 Å². The molecule has 0 heterocycles. The first-order chi connectivity index (χ1) is 10.1. The van der Waals surface area contributed by atoms with Crippen molar-refractivity contribution < 1.29 is 20.6 Å². The van der Waals surface area contributed by atoms with Crippen molar-refractivity contribution in [1.82, 2.24) is 9.71 Å². The molecule has 0 bridgehead atoms. The molecule has 0 spiro atoms. The second-order valence-electron chi connectivity index (χ2n) is 5.10. The van der Waals surface area contributed by atoms with Crippen LogP contribution in [0, 0.1) is 0 Å². The maximum atomic E-state index is 10.00. The zero-order valence-corrected chi connectivity index (χ0v) is 17.1. The fourth-order valence-corrected chi connectivity index (χ4v) is 5.43. The molecule has 0 aliphatic rings. The van der Waals surface area contributed by atoms with E-state index < -0.39 is 4.81 Å². The lowest BCUT2D eigenvalue weighted by Gasteiger charge is -2.25. The van der Waals surface area contributed by atoms with Crippen LogP contribution in [0.25, 0.3) is 0 Å². The van der Waals surface area contributed by atoms with Crippen molar-refractivity contribution in [3.8, 4) is 0 Å². The van der Waals surface area contributed by atoms with Crippen molar-refractivity contribution in [2.45, 2.75) is 13.0 Å². The Kier molecular flexibility index (Phi) is 7.90. The molecule has 0 aromatic heterocycles. The van der Waals surface area contributed by atoms with Gasteiger partial charge in [-0.2, -0.15) is 10.4 Å². The summed E-state index contributed by atoms with van der Waals surface area (Å²) in [5.41, 5.74) is 1.81. The van der Waals surface area contributed by atoms with Crippen molar-refractivity contribution in [3.05, 3.63) is 24.5 Å². The van der Waals surface area contributed by atoms with E-state index in [1.165, 1.54) is 7.05 Å². The number of benzene rings is 1. The van der Waals surface area contributed by atoms with Crippen LogP contribution in [0.2, 0.25) is 0 Å². The molecule has 0 amide bonds. The molecule has 0 aliphatic heterocycles. The van der Waals surface area contributed by atoms with E-state index in [0.29, 0.717) is 28.5 Å². The molecule has 0 unspecified atom stereocenters. The van der Waals surface area contributed by atoms with Gasteiger partial charge in [0.2, 0.25) is 5.69 Å². The largest absolute Gasteiger partial charge is 0.396 e. The number of hydroxylamine groups is 2.